The summed E-state index contributed by atoms with van der Waals surface area (Å²) in [5.41, 5.74) is 1.15. The molecule has 0 bridgehead atoms. The zero-order valence-corrected chi connectivity index (χ0v) is 9.31. The number of pyridine rings is 1. The van der Waals surface area contributed by atoms with Crippen molar-refractivity contribution >= 4 is 11.6 Å². The van der Waals surface area contributed by atoms with Crippen molar-refractivity contribution < 1.29 is 9.53 Å². The van der Waals surface area contributed by atoms with Crippen LogP contribution < -0.4 is 10.1 Å². The number of amides is 1. The Morgan fingerprint density at radius 1 is 1.47 bits per heavy atom. The van der Waals surface area contributed by atoms with Crippen LogP contribution in [0.5, 0.6) is 5.75 Å². The number of hydrogen-bond acceptors (Lipinski definition) is 3. The summed E-state index contributed by atoms with van der Waals surface area (Å²) in [6.45, 7) is 0. The van der Waals surface area contributed by atoms with Gasteiger partial charge >= 0.3 is 0 Å². The van der Waals surface area contributed by atoms with Crippen LogP contribution in [-0.4, -0.2) is 18.0 Å². The molecular formula is C13H11N2O2. The van der Waals surface area contributed by atoms with Gasteiger partial charge in [-0.2, -0.15) is 0 Å². The van der Waals surface area contributed by atoms with Gasteiger partial charge in [0.25, 0.3) is 5.91 Å². The molecule has 0 saturated heterocycles. The average molecular weight is 227 g/mol. The van der Waals surface area contributed by atoms with Gasteiger partial charge in [-0.15, -0.1) is 0 Å². The zero-order chi connectivity index (χ0) is 12.1. The van der Waals surface area contributed by atoms with E-state index in [1.54, 1.807) is 43.6 Å². The Kier molecular flexibility index (Phi) is 3.35. The summed E-state index contributed by atoms with van der Waals surface area (Å²) < 4.78 is 5.06. The molecule has 85 valence electrons. The Bertz CT molecular complexity index is 512. The second kappa shape index (κ2) is 5.12. The van der Waals surface area contributed by atoms with Crippen LogP contribution in [0.3, 0.4) is 0 Å². The highest BCUT2D eigenvalue weighted by Crippen LogP contribution is 2.14. The second-order valence-electron chi connectivity index (χ2n) is 3.36. The molecule has 17 heavy (non-hydrogen) atoms. The number of ether oxygens (including phenoxy) is 1. The first kappa shape index (κ1) is 11.1. The molecule has 1 radical (unpaired) electrons. The predicted octanol–water partition coefficient (Wildman–Crippen LogP) is 2.14. The molecule has 2 rings (SSSR count). The van der Waals surface area contributed by atoms with Crippen LogP contribution >= 0.6 is 0 Å². The first-order chi connectivity index (χ1) is 8.29. The molecule has 4 heteroatoms. The number of nitrogens with one attached hydrogen (secondary N) is 1. The minimum Gasteiger partial charge on any atom is -0.497 e. The van der Waals surface area contributed by atoms with Crippen molar-refractivity contribution in [3.8, 4) is 5.75 Å². The van der Waals surface area contributed by atoms with Crippen LogP contribution in [0.4, 0.5) is 5.69 Å². The van der Waals surface area contributed by atoms with Gasteiger partial charge in [0.05, 0.1) is 19.0 Å². The minimum absolute atomic E-state index is 0.203. The molecule has 1 aromatic carbocycles. The highest BCUT2D eigenvalue weighted by Gasteiger charge is 2.06. The quantitative estimate of drug-likeness (QED) is 0.874. The van der Waals surface area contributed by atoms with Crippen LogP contribution in [0.1, 0.15) is 10.4 Å². The Labute approximate surface area is 99.3 Å². The van der Waals surface area contributed by atoms with E-state index in [4.69, 9.17) is 4.74 Å². The van der Waals surface area contributed by atoms with Crippen molar-refractivity contribution in [2.75, 3.05) is 12.4 Å². The fraction of sp³-hybridized carbons (Fsp3) is 0.0769. The number of anilines is 1. The van der Waals surface area contributed by atoms with Gasteiger partial charge in [0, 0.05) is 17.8 Å². The van der Waals surface area contributed by atoms with E-state index in [2.05, 4.69) is 16.4 Å². The average Bonchev–Trinajstić information content (AvgIpc) is 2.40. The number of aromatic nitrogens is 1. The highest BCUT2D eigenvalue weighted by atomic mass is 16.5. The van der Waals surface area contributed by atoms with E-state index in [-0.39, 0.29) is 5.91 Å². The van der Waals surface area contributed by atoms with Crippen molar-refractivity contribution in [1.29, 1.82) is 0 Å². The smallest absolute Gasteiger partial charge is 0.255 e. The Morgan fingerprint density at radius 3 is 3.06 bits per heavy atom. The Balaban J connectivity index is 2.14. The molecule has 0 aliphatic heterocycles. The number of rotatable bonds is 3. The second-order valence-corrected chi connectivity index (χ2v) is 3.36. The lowest BCUT2D eigenvalue weighted by Crippen LogP contribution is -2.11. The molecule has 0 atom stereocenters. The molecule has 1 amide bonds. The fourth-order valence-corrected chi connectivity index (χ4v) is 1.36. The van der Waals surface area contributed by atoms with Crippen molar-refractivity contribution in [1.82, 2.24) is 4.98 Å². The molecule has 0 saturated carbocycles. The Hall–Kier alpha value is -2.36. The van der Waals surface area contributed by atoms with Gasteiger partial charge in [0.2, 0.25) is 0 Å². The van der Waals surface area contributed by atoms with E-state index in [0.29, 0.717) is 17.0 Å². The maximum Gasteiger partial charge on any atom is 0.255 e. The summed E-state index contributed by atoms with van der Waals surface area (Å²) in [7, 11) is 1.56. The number of carbonyl (C=O) groups is 1. The van der Waals surface area contributed by atoms with Gasteiger partial charge in [-0.3, -0.25) is 9.78 Å². The van der Waals surface area contributed by atoms with E-state index in [0.717, 1.165) is 0 Å². The van der Waals surface area contributed by atoms with E-state index in [1.165, 1.54) is 6.20 Å². The molecule has 4 nitrogen and oxygen atoms in total. The maximum atomic E-state index is 11.9. The SMILES string of the molecule is COc1cccc(C(=O)Nc2c[c]cnc2)c1. The molecule has 0 aliphatic rings. The van der Waals surface area contributed by atoms with Crippen molar-refractivity contribution in [3.63, 3.8) is 0 Å². The summed E-state index contributed by atoms with van der Waals surface area (Å²) in [5.74, 6) is 0.445. The highest BCUT2D eigenvalue weighted by molar-refractivity contribution is 6.04. The molecule has 0 spiro atoms. The molecule has 0 unspecified atom stereocenters. The van der Waals surface area contributed by atoms with Gasteiger partial charge in [-0.05, 0) is 24.3 Å². The van der Waals surface area contributed by atoms with Gasteiger partial charge < -0.3 is 10.1 Å². The third-order valence-electron chi connectivity index (χ3n) is 2.19. The fourth-order valence-electron chi connectivity index (χ4n) is 1.36. The Morgan fingerprint density at radius 2 is 2.35 bits per heavy atom. The summed E-state index contributed by atoms with van der Waals surface area (Å²) in [5, 5.41) is 2.72. The lowest BCUT2D eigenvalue weighted by Gasteiger charge is -2.05. The van der Waals surface area contributed by atoms with Gasteiger partial charge in [0.1, 0.15) is 5.75 Å². The third kappa shape index (κ3) is 2.81. The van der Waals surface area contributed by atoms with Crippen LogP contribution in [0.15, 0.2) is 42.7 Å². The minimum atomic E-state index is -0.203. The van der Waals surface area contributed by atoms with E-state index < -0.39 is 0 Å². The first-order valence-electron chi connectivity index (χ1n) is 5.06. The van der Waals surface area contributed by atoms with Gasteiger partial charge in [-0.25, -0.2) is 0 Å². The predicted molar refractivity (Wildman–Crippen MR) is 64.0 cm³/mol. The van der Waals surface area contributed by atoms with Crippen molar-refractivity contribution in [2.45, 2.75) is 0 Å². The molecule has 1 N–H and O–H groups in total. The molecule has 2 aromatic rings. The van der Waals surface area contributed by atoms with Crippen molar-refractivity contribution in [3.05, 3.63) is 54.4 Å². The van der Waals surface area contributed by atoms with Crippen LogP contribution in [-0.2, 0) is 0 Å². The number of nitrogens with zero attached hydrogens (tertiary/aromatic N) is 1. The number of hydrogen-bond donors (Lipinski definition) is 1. The summed E-state index contributed by atoms with van der Waals surface area (Å²) in [6.07, 6.45) is 3.09. The van der Waals surface area contributed by atoms with Crippen molar-refractivity contribution in [2.24, 2.45) is 0 Å². The lowest BCUT2D eigenvalue weighted by atomic mass is 10.2. The largest absolute Gasteiger partial charge is 0.497 e. The number of benzene rings is 1. The lowest BCUT2D eigenvalue weighted by molar-refractivity contribution is 0.102. The summed E-state index contributed by atoms with van der Waals surface area (Å²) in [6, 6.07) is 11.4. The standard InChI is InChI=1S/C13H11N2O2/c1-17-12-6-2-4-10(8-12)13(16)15-11-5-3-7-14-9-11/h2,4-9H,1H3,(H,15,16). The first-order valence-corrected chi connectivity index (χ1v) is 5.06. The van der Waals surface area contributed by atoms with E-state index >= 15 is 0 Å². The molecule has 1 aromatic heterocycles. The monoisotopic (exact) mass is 227 g/mol. The zero-order valence-electron chi connectivity index (χ0n) is 9.31. The number of carbonyl (C=O) groups excluding carboxylic acids is 1. The third-order valence-corrected chi connectivity index (χ3v) is 2.19. The summed E-state index contributed by atoms with van der Waals surface area (Å²) in [4.78, 5) is 15.7. The molecule has 0 fully saturated rings. The van der Waals surface area contributed by atoms with Crippen LogP contribution in [0, 0.1) is 6.07 Å². The van der Waals surface area contributed by atoms with Crippen LogP contribution in [0.25, 0.3) is 0 Å². The molecule has 1 heterocycles. The topological polar surface area (TPSA) is 51.2 Å². The van der Waals surface area contributed by atoms with E-state index in [9.17, 15) is 4.79 Å². The van der Waals surface area contributed by atoms with Gasteiger partial charge in [0.15, 0.2) is 0 Å². The van der Waals surface area contributed by atoms with Gasteiger partial charge in [-0.1, -0.05) is 6.07 Å². The normalized spacial score (nSPS) is 9.71. The molecular weight excluding hydrogens is 216 g/mol. The molecule has 0 aliphatic carbocycles. The van der Waals surface area contributed by atoms with E-state index in [1.807, 2.05) is 0 Å². The summed E-state index contributed by atoms with van der Waals surface area (Å²) >= 11 is 0. The maximum absolute atomic E-state index is 11.9. The van der Waals surface area contributed by atoms with Crippen LogP contribution in [0.2, 0.25) is 0 Å². The number of methoxy groups -OCH3 is 1.